The van der Waals surface area contributed by atoms with E-state index in [2.05, 4.69) is 9.97 Å². The Morgan fingerprint density at radius 3 is 2.12 bits per heavy atom. The van der Waals surface area contributed by atoms with Crippen LogP contribution in [0.15, 0.2) is 58.1 Å². The Morgan fingerprint density at radius 1 is 0.875 bits per heavy atom. The van der Waals surface area contributed by atoms with E-state index in [1.165, 1.54) is 18.2 Å². The second-order valence-electron chi connectivity index (χ2n) is 5.14. The van der Waals surface area contributed by atoms with E-state index in [4.69, 9.17) is 11.6 Å². The van der Waals surface area contributed by atoms with Gasteiger partial charge in [-0.3, -0.25) is 9.59 Å². The van der Waals surface area contributed by atoms with Crippen molar-refractivity contribution in [3.63, 3.8) is 0 Å². The molecule has 0 atom stereocenters. The second kappa shape index (κ2) is 6.60. The Hall–Kier alpha value is -3.05. The van der Waals surface area contributed by atoms with Crippen LogP contribution in [0, 0.1) is 0 Å². The van der Waals surface area contributed by atoms with Crippen LogP contribution in [0.4, 0.5) is 0 Å². The van der Waals surface area contributed by atoms with Crippen LogP contribution >= 0.6 is 11.6 Å². The van der Waals surface area contributed by atoms with Gasteiger partial charge in [0.05, 0.1) is 5.02 Å². The lowest BCUT2D eigenvalue weighted by atomic mass is 10.2. The van der Waals surface area contributed by atoms with Gasteiger partial charge >= 0.3 is 0 Å². The minimum Gasteiger partial charge on any atom is -0.508 e. The number of phenols is 1. The van der Waals surface area contributed by atoms with Crippen LogP contribution in [-0.2, 0) is 0 Å². The van der Waals surface area contributed by atoms with Gasteiger partial charge in [0.15, 0.2) is 0 Å². The smallest absolute Gasteiger partial charge is 0.272 e. The maximum Gasteiger partial charge on any atom is 0.272 e. The minimum atomic E-state index is -0.444. The highest BCUT2D eigenvalue weighted by Crippen LogP contribution is 2.21. The van der Waals surface area contributed by atoms with Crippen molar-refractivity contribution in [3.05, 3.63) is 96.1 Å². The van der Waals surface area contributed by atoms with E-state index in [0.717, 1.165) is 5.56 Å². The first kappa shape index (κ1) is 15.8. The summed E-state index contributed by atoms with van der Waals surface area (Å²) in [5.74, 6) is 0.0207. The minimum absolute atomic E-state index is 0.0207. The van der Waals surface area contributed by atoms with E-state index >= 15 is 0 Å². The molecule has 0 saturated heterocycles. The van der Waals surface area contributed by atoms with Gasteiger partial charge in [0.1, 0.15) is 16.4 Å². The quantitative estimate of drug-likeness (QED) is 0.652. The summed E-state index contributed by atoms with van der Waals surface area (Å²) in [6.45, 7) is 0. The standard InChI is InChI=1S/C18H13ClN2O3/c19-14-10-13(22)7-6-12(14)9-16-18(24)20-15(17(23)21-16)8-11-4-2-1-3-5-11/h1-10,22H,(H,20,24)(H,21,23)/b15-8-,16-9-. The number of hydrogen-bond acceptors (Lipinski definition) is 3. The zero-order valence-corrected chi connectivity index (χ0v) is 13.2. The summed E-state index contributed by atoms with van der Waals surface area (Å²) < 4.78 is 0. The lowest BCUT2D eigenvalue weighted by Crippen LogP contribution is -2.46. The van der Waals surface area contributed by atoms with Gasteiger partial charge in [0, 0.05) is 0 Å². The lowest BCUT2D eigenvalue weighted by molar-refractivity contribution is 0.475. The van der Waals surface area contributed by atoms with Gasteiger partial charge in [-0.2, -0.15) is 0 Å². The lowest BCUT2D eigenvalue weighted by Gasteiger charge is -1.98. The molecule has 3 rings (SSSR count). The molecule has 0 amide bonds. The van der Waals surface area contributed by atoms with Gasteiger partial charge < -0.3 is 15.1 Å². The van der Waals surface area contributed by atoms with E-state index in [9.17, 15) is 14.7 Å². The normalized spacial score (nSPS) is 12.5. The third kappa shape index (κ3) is 3.47. The molecule has 0 aliphatic carbocycles. The van der Waals surface area contributed by atoms with Crippen LogP contribution in [0.5, 0.6) is 5.75 Å². The molecule has 3 N–H and O–H groups in total. The first-order chi connectivity index (χ1) is 11.5. The molecule has 2 aromatic carbocycles. The maximum absolute atomic E-state index is 12.2. The highest BCUT2D eigenvalue weighted by Gasteiger charge is 2.01. The molecule has 5 nitrogen and oxygen atoms in total. The monoisotopic (exact) mass is 340 g/mol. The SMILES string of the molecule is O=c1[nH]/c(=C\c2ccc(O)cc2Cl)c(=O)[nH]/c1=C\c1ccccc1. The predicted molar refractivity (Wildman–Crippen MR) is 93.6 cm³/mol. The van der Waals surface area contributed by atoms with Crippen molar-refractivity contribution in [1.29, 1.82) is 0 Å². The Bertz CT molecular complexity index is 1120. The largest absolute Gasteiger partial charge is 0.508 e. The van der Waals surface area contributed by atoms with Crippen LogP contribution in [0.1, 0.15) is 11.1 Å². The van der Waals surface area contributed by atoms with Gasteiger partial charge in [-0.1, -0.05) is 41.9 Å². The molecule has 0 spiro atoms. The highest BCUT2D eigenvalue weighted by atomic mass is 35.5. The van der Waals surface area contributed by atoms with E-state index in [1.54, 1.807) is 12.1 Å². The van der Waals surface area contributed by atoms with Crippen molar-refractivity contribution in [2.45, 2.75) is 0 Å². The van der Waals surface area contributed by atoms with Crippen molar-refractivity contribution < 1.29 is 5.11 Å². The molecule has 0 unspecified atom stereocenters. The van der Waals surface area contributed by atoms with Crippen molar-refractivity contribution in [1.82, 2.24) is 9.97 Å². The second-order valence-corrected chi connectivity index (χ2v) is 5.55. The number of aromatic hydroxyl groups is 1. The molecule has 0 radical (unpaired) electrons. The number of H-pyrrole nitrogens is 2. The average molecular weight is 341 g/mol. The molecule has 6 heteroatoms. The van der Waals surface area contributed by atoms with E-state index in [-0.39, 0.29) is 21.5 Å². The number of phenolic OH excluding ortho intramolecular Hbond substituents is 1. The molecule has 0 fully saturated rings. The summed E-state index contributed by atoms with van der Waals surface area (Å²) in [6.07, 6.45) is 3.05. The summed E-state index contributed by atoms with van der Waals surface area (Å²) in [7, 11) is 0. The Morgan fingerprint density at radius 2 is 1.50 bits per heavy atom. The fourth-order valence-electron chi connectivity index (χ4n) is 2.20. The Balaban J connectivity index is 2.15. The fraction of sp³-hybridized carbons (Fsp3) is 0. The first-order valence-electron chi connectivity index (χ1n) is 7.12. The number of hydrogen-bond donors (Lipinski definition) is 3. The number of halogens is 1. The summed E-state index contributed by atoms with van der Waals surface area (Å²) >= 11 is 6.01. The van der Waals surface area contributed by atoms with E-state index in [1.807, 2.05) is 30.3 Å². The van der Waals surface area contributed by atoms with Gasteiger partial charge in [0.25, 0.3) is 11.1 Å². The van der Waals surface area contributed by atoms with Gasteiger partial charge in [0.2, 0.25) is 0 Å². The Labute approximate surface area is 141 Å². The first-order valence-corrected chi connectivity index (χ1v) is 7.50. The predicted octanol–water partition coefficient (Wildman–Crippen LogP) is 1.08. The van der Waals surface area contributed by atoms with E-state index in [0.29, 0.717) is 5.56 Å². The van der Waals surface area contributed by atoms with Crippen molar-refractivity contribution in [2.24, 2.45) is 0 Å². The number of nitrogens with one attached hydrogen (secondary N) is 2. The number of rotatable bonds is 2. The van der Waals surface area contributed by atoms with Gasteiger partial charge in [-0.25, -0.2) is 0 Å². The summed E-state index contributed by atoms with van der Waals surface area (Å²) in [6, 6.07) is 13.6. The van der Waals surface area contributed by atoms with Crippen molar-refractivity contribution >= 4 is 23.8 Å². The highest BCUT2D eigenvalue weighted by molar-refractivity contribution is 6.32. The third-order valence-corrected chi connectivity index (χ3v) is 3.71. The molecular formula is C18H13ClN2O3. The fourth-order valence-corrected chi connectivity index (χ4v) is 2.43. The molecule has 0 aliphatic heterocycles. The molecular weight excluding hydrogens is 328 g/mol. The van der Waals surface area contributed by atoms with Gasteiger partial charge in [-0.05, 0) is 41.5 Å². The van der Waals surface area contributed by atoms with Crippen molar-refractivity contribution in [3.8, 4) is 5.75 Å². The zero-order valence-electron chi connectivity index (χ0n) is 12.4. The molecule has 120 valence electrons. The molecule has 0 saturated carbocycles. The summed E-state index contributed by atoms with van der Waals surface area (Å²) in [5.41, 5.74) is 0.452. The van der Waals surface area contributed by atoms with Gasteiger partial charge in [-0.15, -0.1) is 0 Å². The molecule has 1 heterocycles. The van der Waals surface area contributed by atoms with Crippen molar-refractivity contribution in [2.75, 3.05) is 0 Å². The van der Waals surface area contributed by atoms with E-state index < -0.39 is 11.1 Å². The zero-order chi connectivity index (χ0) is 17.1. The molecule has 0 bridgehead atoms. The average Bonchev–Trinajstić information content (AvgIpc) is 2.55. The number of aromatic nitrogens is 2. The van der Waals surface area contributed by atoms with Crippen LogP contribution in [0.25, 0.3) is 12.2 Å². The Kier molecular flexibility index (Phi) is 4.35. The summed E-state index contributed by atoms with van der Waals surface area (Å²) in [5, 5.41) is 9.87. The molecule has 3 aromatic rings. The number of aromatic amines is 2. The van der Waals surface area contributed by atoms with Crippen LogP contribution in [0.2, 0.25) is 5.02 Å². The topological polar surface area (TPSA) is 85.9 Å². The number of benzene rings is 2. The maximum atomic E-state index is 12.2. The third-order valence-electron chi connectivity index (χ3n) is 3.38. The van der Waals surface area contributed by atoms with Crippen LogP contribution in [-0.4, -0.2) is 15.1 Å². The summed E-state index contributed by atoms with van der Waals surface area (Å²) in [4.78, 5) is 29.5. The van der Waals surface area contributed by atoms with Crippen LogP contribution < -0.4 is 21.8 Å². The molecule has 1 aromatic heterocycles. The molecule has 0 aliphatic rings. The molecule has 24 heavy (non-hydrogen) atoms. The van der Waals surface area contributed by atoms with Crippen LogP contribution in [0.3, 0.4) is 0 Å².